The van der Waals surface area contributed by atoms with Crippen LogP contribution in [0.15, 0.2) is 64.3 Å². The van der Waals surface area contributed by atoms with Gasteiger partial charge in [-0.25, -0.2) is 9.82 Å². The van der Waals surface area contributed by atoms with E-state index < -0.39 is 17.6 Å². The van der Waals surface area contributed by atoms with Crippen molar-refractivity contribution in [2.24, 2.45) is 5.10 Å². The normalized spacial score (nSPS) is 10.7. The van der Waals surface area contributed by atoms with Crippen molar-refractivity contribution in [2.45, 2.75) is 13.2 Å². The number of hydrogen-bond acceptors (Lipinski definition) is 6. The molecule has 2 aromatic carbocycles. The van der Waals surface area contributed by atoms with Crippen molar-refractivity contribution in [1.29, 1.82) is 0 Å². The van der Waals surface area contributed by atoms with Crippen molar-refractivity contribution in [3.63, 3.8) is 0 Å². The molecule has 0 saturated carbocycles. The van der Waals surface area contributed by atoms with Crippen LogP contribution >= 0.6 is 11.6 Å². The number of benzene rings is 2. The zero-order chi connectivity index (χ0) is 22.9. The number of furan rings is 1. The number of methoxy groups -OCH3 is 1. The number of hydrogen-bond donors (Lipinski definition) is 2. The van der Waals surface area contributed by atoms with Gasteiger partial charge in [-0.15, -0.1) is 0 Å². The van der Waals surface area contributed by atoms with Gasteiger partial charge in [0.05, 0.1) is 31.2 Å². The van der Waals surface area contributed by atoms with E-state index in [4.69, 9.17) is 25.5 Å². The van der Waals surface area contributed by atoms with E-state index in [1.54, 1.807) is 36.4 Å². The predicted octanol–water partition coefficient (Wildman–Crippen LogP) is 3.43. The Kier molecular flexibility index (Phi) is 7.82. The summed E-state index contributed by atoms with van der Waals surface area (Å²) in [5.41, 5.74) is 2.74. The topological polar surface area (TPSA) is 102 Å². The van der Waals surface area contributed by atoms with Gasteiger partial charge in [0.15, 0.2) is 11.5 Å². The van der Waals surface area contributed by atoms with E-state index in [1.807, 2.05) is 0 Å². The van der Waals surface area contributed by atoms with Crippen molar-refractivity contribution in [2.75, 3.05) is 7.11 Å². The molecule has 3 rings (SSSR count). The Morgan fingerprint density at radius 1 is 1.16 bits per heavy atom. The first-order valence-corrected chi connectivity index (χ1v) is 9.73. The second-order valence-corrected chi connectivity index (χ2v) is 6.74. The molecule has 3 aromatic rings. The fourth-order valence-electron chi connectivity index (χ4n) is 2.64. The molecule has 0 aliphatic rings. The van der Waals surface area contributed by atoms with Gasteiger partial charge >= 0.3 is 11.8 Å². The maximum atomic E-state index is 14.0. The molecule has 0 fully saturated rings. The van der Waals surface area contributed by atoms with E-state index in [1.165, 1.54) is 31.7 Å². The van der Waals surface area contributed by atoms with Gasteiger partial charge in [-0.1, -0.05) is 23.7 Å². The quantitative estimate of drug-likeness (QED) is 0.305. The highest BCUT2D eigenvalue weighted by atomic mass is 35.5. The molecular formula is C22H19ClFN3O5. The summed E-state index contributed by atoms with van der Waals surface area (Å²) in [5.74, 6) is -1.22. The maximum Gasteiger partial charge on any atom is 0.329 e. The van der Waals surface area contributed by atoms with Gasteiger partial charge in [-0.05, 0) is 36.4 Å². The predicted molar refractivity (Wildman–Crippen MR) is 115 cm³/mol. The summed E-state index contributed by atoms with van der Waals surface area (Å²) in [7, 11) is 1.45. The zero-order valence-corrected chi connectivity index (χ0v) is 17.7. The van der Waals surface area contributed by atoms with E-state index in [0.717, 1.165) is 0 Å². The lowest BCUT2D eigenvalue weighted by molar-refractivity contribution is -0.139. The molecule has 32 heavy (non-hydrogen) atoms. The third-order valence-corrected chi connectivity index (χ3v) is 4.59. The maximum absolute atomic E-state index is 14.0. The van der Waals surface area contributed by atoms with Gasteiger partial charge in [-0.2, -0.15) is 5.10 Å². The summed E-state index contributed by atoms with van der Waals surface area (Å²) in [5, 5.41) is 6.42. The van der Waals surface area contributed by atoms with E-state index in [9.17, 15) is 14.0 Å². The van der Waals surface area contributed by atoms with Crippen molar-refractivity contribution in [3.8, 4) is 11.5 Å². The fraction of sp³-hybridized carbons (Fsp3) is 0.136. The molecular weight excluding hydrogens is 441 g/mol. The molecule has 0 atom stereocenters. The van der Waals surface area contributed by atoms with Crippen LogP contribution in [-0.2, 0) is 22.7 Å². The number of ether oxygens (including phenoxy) is 2. The molecule has 2 amide bonds. The fourth-order valence-corrected chi connectivity index (χ4v) is 2.85. The van der Waals surface area contributed by atoms with Crippen LogP contribution in [0.4, 0.5) is 4.39 Å². The van der Waals surface area contributed by atoms with Crippen LogP contribution in [0.5, 0.6) is 11.5 Å². The van der Waals surface area contributed by atoms with E-state index >= 15 is 0 Å². The number of halogens is 2. The van der Waals surface area contributed by atoms with Gasteiger partial charge in [-0.3, -0.25) is 9.59 Å². The number of rotatable bonds is 8. The molecule has 0 saturated heterocycles. The second kappa shape index (κ2) is 11.0. The van der Waals surface area contributed by atoms with Crippen LogP contribution in [0.25, 0.3) is 0 Å². The number of amides is 2. The highest BCUT2D eigenvalue weighted by Gasteiger charge is 2.15. The summed E-state index contributed by atoms with van der Waals surface area (Å²) in [6.45, 7) is -0.0935. The Hall–Kier alpha value is -3.85. The second-order valence-electron chi connectivity index (χ2n) is 6.33. The van der Waals surface area contributed by atoms with Gasteiger partial charge < -0.3 is 19.2 Å². The third-order valence-electron chi connectivity index (χ3n) is 4.23. The lowest BCUT2D eigenvalue weighted by Gasteiger charge is -2.14. The molecule has 166 valence electrons. The SMILES string of the molecule is COc1cccc(/C=N\NC(=O)C(=O)NCc2ccco2)c1OCc1c(F)cccc1Cl. The number of para-hydroxylation sites is 1. The van der Waals surface area contributed by atoms with E-state index in [-0.39, 0.29) is 29.5 Å². The first-order valence-electron chi connectivity index (χ1n) is 9.36. The van der Waals surface area contributed by atoms with Gasteiger partial charge in [0.25, 0.3) is 0 Å². The molecule has 0 aliphatic carbocycles. The average Bonchev–Trinajstić information content (AvgIpc) is 3.31. The molecule has 0 spiro atoms. The van der Waals surface area contributed by atoms with E-state index in [0.29, 0.717) is 17.1 Å². The van der Waals surface area contributed by atoms with Crippen LogP contribution in [0.2, 0.25) is 5.02 Å². The summed E-state index contributed by atoms with van der Waals surface area (Å²) < 4.78 is 30.2. The first-order chi connectivity index (χ1) is 15.5. The Bertz CT molecular complexity index is 1100. The Balaban J connectivity index is 1.66. The minimum Gasteiger partial charge on any atom is -0.493 e. The van der Waals surface area contributed by atoms with Crippen LogP contribution in [0.1, 0.15) is 16.9 Å². The largest absolute Gasteiger partial charge is 0.493 e. The first kappa shape index (κ1) is 22.8. The van der Waals surface area contributed by atoms with Gasteiger partial charge in [0, 0.05) is 11.1 Å². The van der Waals surface area contributed by atoms with Crippen LogP contribution in [0, 0.1) is 5.82 Å². The zero-order valence-electron chi connectivity index (χ0n) is 16.9. The lowest BCUT2D eigenvalue weighted by Crippen LogP contribution is -2.37. The van der Waals surface area contributed by atoms with Crippen LogP contribution < -0.4 is 20.2 Å². The number of carbonyl (C=O) groups is 2. The molecule has 1 heterocycles. The van der Waals surface area contributed by atoms with Gasteiger partial charge in [0.1, 0.15) is 18.2 Å². The summed E-state index contributed by atoms with van der Waals surface area (Å²) >= 11 is 6.05. The van der Waals surface area contributed by atoms with Crippen molar-refractivity contribution >= 4 is 29.6 Å². The Morgan fingerprint density at radius 3 is 2.69 bits per heavy atom. The minimum absolute atomic E-state index is 0.0649. The number of nitrogens with one attached hydrogen (secondary N) is 2. The molecule has 10 heteroatoms. The lowest BCUT2D eigenvalue weighted by atomic mass is 10.2. The number of nitrogens with zero attached hydrogens (tertiary/aromatic N) is 1. The molecule has 0 unspecified atom stereocenters. The number of hydrazone groups is 1. The van der Waals surface area contributed by atoms with Crippen molar-refractivity contribution in [1.82, 2.24) is 10.7 Å². The molecule has 1 aromatic heterocycles. The van der Waals surface area contributed by atoms with E-state index in [2.05, 4.69) is 15.8 Å². The minimum atomic E-state index is -0.962. The summed E-state index contributed by atoms with van der Waals surface area (Å²) in [6, 6.07) is 12.6. The smallest absolute Gasteiger partial charge is 0.329 e. The highest BCUT2D eigenvalue weighted by Crippen LogP contribution is 2.32. The van der Waals surface area contributed by atoms with Crippen LogP contribution in [0.3, 0.4) is 0 Å². The van der Waals surface area contributed by atoms with Crippen molar-refractivity contribution in [3.05, 3.63) is 82.5 Å². The Labute approximate surface area is 188 Å². The third kappa shape index (κ3) is 5.86. The monoisotopic (exact) mass is 459 g/mol. The van der Waals surface area contributed by atoms with Gasteiger partial charge in [0.2, 0.25) is 0 Å². The molecule has 8 nitrogen and oxygen atoms in total. The highest BCUT2D eigenvalue weighted by molar-refractivity contribution is 6.35. The van der Waals surface area contributed by atoms with Crippen molar-refractivity contribution < 1.29 is 27.9 Å². The summed E-state index contributed by atoms with van der Waals surface area (Å²) in [6.07, 6.45) is 2.73. The Morgan fingerprint density at radius 2 is 1.97 bits per heavy atom. The summed E-state index contributed by atoms with van der Waals surface area (Å²) in [4.78, 5) is 23.7. The number of carbonyl (C=O) groups excluding carboxylic acids is 2. The standard InChI is InChI=1S/C22H19ClFN3O5/c1-30-19-9-2-5-14(20(19)32-13-16-17(23)7-3-8-18(16)24)11-26-27-22(29)21(28)25-12-15-6-4-10-31-15/h2-11H,12-13H2,1H3,(H,25,28)(H,27,29)/b26-11-. The molecule has 2 N–H and O–H groups in total. The molecule has 0 radical (unpaired) electrons. The average molecular weight is 460 g/mol. The van der Waals surface area contributed by atoms with Crippen LogP contribution in [-0.4, -0.2) is 25.1 Å². The molecule has 0 aliphatic heterocycles. The molecule has 0 bridgehead atoms.